The van der Waals surface area contributed by atoms with Crippen molar-refractivity contribution in [2.75, 3.05) is 13.2 Å². The highest BCUT2D eigenvalue weighted by Gasteiger charge is 2.60. The van der Waals surface area contributed by atoms with E-state index in [2.05, 4.69) is 20.7 Å². The second kappa shape index (κ2) is 14.1. The lowest BCUT2D eigenvalue weighted by atomic mass is 9.81. The molecule has 2 aliphatic heterocycles. The maximum Gasteiger partial charge on any atom is 0.217 e. The summed E-state index contributed by atoms with van der Waals surface area (Å²) >= 11 is 0. The summed E-state index contributed by atoms with van der Waals surface area (Å²) in [6.07, 6.45) is -16.4. The van der Waals surface area contributed by atoms with E-state index in [9.17, 15) is 45.3 Å². The van der Waals surface area contributed by atoms with Crippen molar-refractivity contribution in [2.45, 2.75) is 119 Å². The third-order valence-electron chi connectivity index (χ3n) is 8.10. The summed E-state index contributed by atoms with van der Waals surface area (Å²) in [5.41, 5.74) is 6.84. The molecule has 1 aliphatic carbocycles. The van der Waals surface area contributed by atoms with E-state index in [-0.39, 0.29) is 6.42 Å². The predicted octanol–water partition coefficient (Wildman–Crippen LogP) is -3.89. The van der Waals surface area contributed by atoms with E-state index >= 15 is 0 Å². The van der Waals surface area contributed by atoms with E-state index in [1.54, 1.807) is 6.92 Å². The molecule has 18 heteroatoms. The summed E-state index contributed by atoms with van der Waals surface area (Å²) in [7, 11) is 0. The van der Waals surface area contributed by atoms with Gasteiger partial charge >= 0.3 is 0 Å². The lowest BCUT2D eigenvalue weighted by molar-refractivity contribution is -0.327. The van der Waals surface area contributed by atoms with E-state index in [1.807, 2.05) is 0 Å². The maximum absolute atomic E-state index is 12.0. The number of nitrogens with one attached hydrogen (secondary N) is 2. The number of ether oxygens (including phenoxy) is 4. The minimum Gasteiger partial charge on any atom is -0.394 e. The molecule has 0 aromatic carbocycles. The second-order valence-electron chi connectivity index (χ2n) is 10.9. The molecule has 3 fully saturated rings. The van der Waals surface area contributed by atoms with Crippen LogP contribution in [0.5, 0.6) is 0 Å². The van der Waals surface area contributed by atoms with Crippen LogP contribution in [0, 0.1) is 5.92 Å². The first-order valence-corrected chi connectivity index (χ1v) is 13.6. The predicted molar refractivity (Wildman–Crippen MR) is 138 cm³/mol. The molecule has 0 radical (unpaired) electrons. The van der Waals surface area contributed by atoms with Crippen molar-refractivity contribution in [1.82, 2.24) is 10.6 Å². The molecule has 0 aromatic heterocycles. The molecule has 2 heterocycles. The molecule has 1 saturated carbocycles. The van der Waals surface area contributed by atoms with Crippen LogP contribution in [0.1, 0.15) is 34.1 Å². The fourth-order valence-corrected chi connectivity index (χ4v) is 5.72. The SMILES string of the molecule is CCC1C(O)C(O)C(CO)O[C@@H]1OC1[C@H](OC2C(O)C(O)C(NC(C)=O)C(O)C2NC(C)=O)O[C@@H](C)[C@]1(O)CN=[N+]=[N-]. The fourth-order valence-electron chi connectivity index (χ4n) is 5.72. The summed E-state index contributed by atoms with van der Waals surface area (Å²) in [5.74, 6) is -2.13. The Bertz CT molecular complexity index is 1000. The highest BCUT2D eigenvalue weighted by atomic mass is 16.8. The zero-order valence-corrected chi connectivity index (χ0v) is 23.6. The Morgan fingerprint density at radius 1 is 0.929 bits per heavy atom. The zero-order chi connectivity index (χ0) is 31.5. The molecule has 11 unspecified atom stereocenters. The number of rotatable bonds is 10. The lowest BCUT2D eigenvalue weighted by Crippen LogP contribution is -2.72. The monoisotopic (exact) mass is 607 g/mol. The molecule has 2 saturated heterocycles. The Kier molecular flexibility index (Phi) is 11.5. The van der Waals surface area contributed by atoms with Crippen LogP contribution in [0.4, 0.5) is 0 Å². The van der Waals surface area contributed by atoms with Gasteiger partial charge in [-0.3, -0.25) is 9.59 Å². The van der Waals surface area contributed by atoms with E-state index in [1.165, 1.54) is 6.92 Å². The highest BCUT2D eigenvalue weighted by Crippen LogP contribution is 2.40. The smallest absolute Gasteiger partial charge is 0.217 e. The number of carbonyl (C=O) groups excluding carboxylic acids is 2. The lowest BCUT2D eigenvalue weighted by Gasteiger charge is -2.47. The van der Waals surface area contributed by atoms with E-state index < -0.39 is 116 Å². The number of aliphatic hydroxyl groups is 7. The minimum atomic E-state index is -2.09. The Morgan fingerprint density at radius 2 is 1.55 bits per heavy atom. The first-order chi connectivity index (χ1) is 19.7. The molecule has 2 amide bonds. The average molecular weight is 608 g/mol. The largest absolute Gasteiger partial charge is 0.394 e. The van der Waals surface area contributed by atoms with Crippen molar-refractivity contribution in [2.24, 2.45) is 11.0 Å². The van der Waals surface area contributed by atoms with E-state index in [0.29, 0.717) is 0 Å². The van der Waals surface area contributed by atoms with Gasteiger partial charge in [0, 0.05) is 24.7 Å². The van der Waals surface area contributed by atoms with Crippen molar-refractivity contribution in [1.29, 1.82) is 0 Å². The van der Waals surface area contributed by atoms with Gasteiger partial charge in [0.25, 0.3) is 0 Å². The molecule has 42 heavy (non-hydrogen) atoms. The van der Waals surface area contributed by atoms with Crippen molar-refractivity contribution in [3.8, 4) is 0 Å². The first-order valence-electron chi connectivity index (χ1n) is 13.6. The van der Waals surface area contributed by atoms with Gasteiger partial charge in [-0.15, -0.1) is 0 Å². The molecular weight excluding hydrogens is 566 g/mol. The molecule has 3 aliphatic rings. The van der Waals surface area contributed by atoms with Crippen molar-refractivity contribution < 1.29 is 64.3 Å². The van der Waals surface area contributed by atoms with Gasteiger partial charge in [-0.05, 0) is 18.9 Å². The molecule has 9 N–H and O–H groups in total. The quantitative estimate of drug-likeness (QED) is 0.0653. The first kappa shape index (κ1) is 34.3. The molecule has 0 aromatic rings. The number of azide groups is 1. The molecule has 3 rings (SSSR count). The minimum absolute atomic E-state index is 0.222. The van der Waals surface area contributed by atoms with Crippen LogP contribution in [0.15, 0.2) is 5.11 Å². The summed E-state index contributed by atoms with van der Waals surface area (Å²) in [6, 6.07) is -2.80. The van der Waals surface area contributed by atoms with Gasteiger partial charge in [0.1, 0.15) is 42.2 Å². The number of nitrogens with zero attached hydrogens (tertiary/aromatic N) is 3. The van der Waals surface area contributed by atoms with Gasteiger partial charge < -0.3 is 65.3 Å². The molecule has 18 nitrogen and oxygen atoms in total. The van der Waals surface area contributed by atoms with Crippen molar-refractivity contribution in [3.05, 3.63) is 10.4 Å². The van der Waals surface area contributed by atoms with Crippen LogP contribution < -0.4 is 10.6 Å². The topological polar surface area (TPSA) is 285 Å². The van der Waals surface area contributed by atoms with Gasteiger partial charge in [-0.25, -0.2) is 0 Å². The van der Waals surface area contributed by atoms with E-state index in [0.717, 1.165) is 13.8 Å². The summed E-state index contributed by atoms with van der Waals surface area (Å²) < 4.78 is 23.6. The van der Waals surface area contributed by atoms with Gasteiger partial charge in [-0.2, -0.15) is 0 Å². The normalized spacial score (nSPS) is 45.6. The van der Waals surface area contributed by atoms with Crippen LogP contribution >= 0.6 is 0 Å². The van der Waals surface area contributed by atoms with Crippen molar-refractivity contribution in [3.63, 3.8) is 0 Å². The summed E-state index contributed by atoms with van der Waals surface area (Å²) in [5, 5.41) is 83.2. The third kappa shape index (κ3) is 6.80. The Morgan fingerprint density at radius 3 is 2.10 bits per heavy atom. The number of aliphatic hydroxyl groups excluding tert-OH is 6. The maximum atomic E-state index is 12.0. The molecule has 0 spiro atoms. The van der Waals surface area contributed by atoms with Crippen LogP contribution in [0.2, 0.25) is 0 Å². The number of carbonyl (C=O) groups is 2. The Balaban J connectivity index is 1.98. The summed E-state index contributed by atoms with van der Waals surface area (Å²) in [4.78, 5) is 26.4. The van der Waals surface area contributed by atoms with Gasteiger partial charge in [0.15, 0.2) is 12.6 Å². The van der Waals surface area contributed by atoms with Crippen molar-refractivity contribution >= 4 is 11.8 Å². The van der Waals surface area contributed by atoms with Crippen LogP contribution in [0.3, 0.4) is 0 Å². The molecule has 240 valence electrons. The Hall–Kier alpha value is -2.19. The van der Waals surface area contributed by atoms with Gasteiger partial charge in [-0.1, -0.05) is 12.0 Å². The molecule has 0 bridgehead atoms. The zero-order valence-electron chi connectivity index (χ0n) is 23.6. The van der Waals surface area contributed by atoms with E-state index in [4.69, 9.17) is 24.5 Å². The second-order valence-corrected chi connectivity index (χ2v) is 10.9. The number of hydrogen-bond acceptors (Lipinski definition) is 14. The Labute approximate surface area is 241 Å². The van der Waals surface area contributed by atoms with Crippen LogP contribution in [-0.4, -0.2) is 146 Å². The van der Waals surface area contributed by atoms with Crippen LogP contribution in [-0.2, 0) is 28.5 Å². The fraction of sp³-hybridized carbons (Fsp3) is 0.917. The third-order valence-corrected chi connectivity index (χ3v) is 8.10. The number of hydrogen-bond donors (Lipinski definition) is 9. The van der Waals surface area contributed by atoms with Gasteiger partial charge in [0.2, 0.25) is 11.8 Å². The van der Waals surface area contributed by atoms with Gasteiger partial charge in [0.05, 0.1) is 43.5 Å². The summed E-state index contributed by atoms with van der Waals surface area (Å²) in [6.45, 7) is 4.10. The molecular formula is C24H41N5O13. The highest BCUT2D eigenvalue weighted by molar-refractivity contribution is 5.74. The average Bonchev–Trinajstić information content (AvgIpc) is 3.16. The molecule has 15 atom stereocenters. The standard InChI is InChI=1S/C24H41N5O13/c1-5-11-15(33)16(34)12(6-30)40-22(11)42-21-23(39-8(2)24(21,38)7-26-29-25)41-20-14(28-10(4)32)17(35)13(27-9(3)31)18(36)19(20)37/h8,11-23,30,33-38H,5-7H2,1-4H3,(H,27,31)(H,28,32)/t8-,11?,12?,13?,14?,15?,16?,17?,18?,19?,20?,21?,22+,23-,24+/m0/s1. The van der Waals surface area contributed by atoms with Crippen LogP contribution in [0.25, 0.3) is 10.4 Å². The number of amides is 2.